The molecule has 4 nitrogen and oxygen atoms in total. The molecule has 0 radical (unpaired) electrons. The van der Waals surface area contributed by atoms with E-state index in [-0.39, 0.29) is 0 Å². The molecule has 20 heavy (non-hydrogen) atoms. The average molecular weight is 271 g/mol. The summed E-state index contributed by atoms with van der Waals surface area (Å²) < 4.78 is 5.49. The lowest BCUT2D eigenvalue weighted by Crippen LogP contribution is -2.20. The smallest absolute Gasteiger partial charge is 0.230 e. The van der Waals surface area contributed by atoms with Crippen molar-refractivity contribution in [1.29, 1.82) is 0 Å². The number of hydrogen-bond acceptors (Lipinski definition) is 4. The lowest BCUT2D eigenvalue weighted by Gasteiger charge is -2.24. The summed E-state index contributed by atoms with van der Waals surface area (Å²) in [6, 6.07) is 8.13. The van der Waals surface area contributed by atoms with E-state index in [1.54, 1.807) is 0 Å². The van der Waals surface area contributed by atoms with Crippen LogP contribution in [0, 0.1) is 12.8 Å². The molecule has 2 N–H and O–H groups in total. The third-order valence-electron chi connectivity index (χ3n) is 4.36. The van der Waals surface area contributed by atoms with Crippen LogP contribution in [0.1, 0.15) is 43.1 Å². The molecule has 1 aromatic heterocycles. The Morgan fingerprint density at radius 3 is 2.65 bits per heavy atom. The fraction of sp³-hybridized carbons (Fsp3) is 0.500. The summed E-state index contributed by atoms with van der Waals surface area (Å²) in [4.78, 5) is 4.61. The van der Waals surface area contributed by atoms with Crippen molar-refractivity contribution in [2.75, 3.05) is 6.54 Å². The standard InChI is InChI=1S/C16H21N3O/c1-11-4-2-3-5-14(11)15-18-16(20-19-15)13-8-6-12(10-17)7-9-13/h2-5,12-13H,6-10,17H2,1H3. The molecule has 1 aliphatic rings. The van der Waals surface area contributed by atoms with Gasteiger partial charge in [-0.2, -0.15) is 4.98 Å². The predicted octanol–water partition coefficient (Wildman–Crippen LogP) is 3.28. The first kappa shape index (κ1) is 13.3. The highest BCUT2D eigenvalue weighted by Gasteiger charge is 2.26. The molecular weight excluding hydrogens is 250 g/mol. The molecule has 1 aliphatic carbocycles. The third-order valence-corrected chi connectivity index (χ3v) is 4.36. The van der Waals surface area contributed by atoms with Crippen molar-refractivity contribution in [3.8, 4) is 11.4 Å². The quantitative estimate of drug-likeness (QED) is 0.930. The maximum atomic E-state index is 5.73. The first-order valence-electron chi connectivity index (χ1n) is 7.37. The molecule has 106 valence electrons. The highest BCUT2D eigenvalue weighted by Crippen LogP contribution is 2.35. The number of rotatable bonds is 3. The van der Waals surface area contributed by atoms with Crippen LogP contribution < -0.4 is 5.73 Å². The molecule has 0 bridgehead atoms. The average Bonchev–Trinajstić information content (AvgIpc) is 2.97. The van der Waals surface area contributed by atoms with Crippen molar-refractivity contribution >= 4 is 0 Å². The summed E-state index contributed by atoms with van der Waals surface area (Å²) in [5, 5.41) is 4.15. The summed E-state index contributed by atoms with van der Waals surface area (Å²) in [6.07, 6.45) is 4.56. The van der Waals surface area contributed by atoms with Crippen LogP contribution in [0.4, 0.5) is 0 Å². The fourth-order valence-corrected chi connectivity index (χ4v) is 2.98. The number of aromatic nitrogens is 2. The van der Waals surface area contributed by atoms with Crippen LogP contribution in [0.15, 0.2) is 28.8 Å². The van der Waals surface area contributed by atoms with Crippen molar-refractivity contribution in [2.45, 2.75) is 38.5 Å². The van der Waals surface area contributed by atoms with Gasteiger partial charge >= 0.3 is 0 Å². The molecule has 0 spiro atoms. The summed E-state index contributed by atoms with van der Waals surface area (Å²) in [6.45, 7) is 2.86. The SMILES string of the molecule is Cc1ccccc1-c1noc(C2CCC(CN)CC2)n1. The van der Waals surface area contributed by atoms with E-state index in [0.717, 1.165) is 30.8 Å². The molecule has 0 aliphatic heterocycles. The molecule has 1 aromatic carbocycles. The minimum absolute atomic E-state index is 0.406. The molecule has 1 fully saturated rings. The van der Waals surface area contributed by atoms with Crippen LogP contribution in [0.3, 0.4) is 0 Å². The van der Waals surface area contributed by atoms with E-state index in [2.05, 4.69) is 23.1 Å². The van der Waals surface area contributed by atoms with Crippen molar-refractivity contribution in [2.24, 2.45) is 11.7 Å². The van der Waals surface area contributed by atoms with Gasteiger partial charge in [-0.05, 0) is 50.6 Å². The number of aryl methyl sites for hydroxylation is 1. The maximum Gasteiger partial charge on any atom is 0.230 e. The molecule has 4 heteroatoms. The first-order chi connectivity index (χ1) is 9.78. The van der Waals surface area contributed by atoms with Gasteiger partial charge in [-0.15, -0.1) is 0 Å². The van der Waals surface area contributed by atoms with Gasteiger partial charge in [-0.1, -0.05) is 29.4 Å². The van der Waals surface area contributed by atoms with Gasteiger partial charge in [-0.25, -0.2) is 0 Å². The number of hydrogen-bond donors (Lipinski definition) is 1. The molecule has 0 atom stereocenters. The second-order valence-electron chi connectivity index (χ2n) is 5.72. The lowest BCUT2D eigenvalue weighted by atomic mass is 9.82. The second-order valence-corrected chi connectivity index (χ2v) is 5.72. The monoisotopic (exact) mass is 271 g/mol. The molecule has 1 heterocycles. The fourth-order valence-electron chi connectivity index (χ4n) is 2.98. The second kappa shape index (κ2) is 5.75. The Bertz CT molecular complexity index is 571. The van der Waals surface area contributed by atoms with Gasteiger partial charge in [0.15, 0.2) is 0 Å². The van der Waals surface area contributed by atoms with Crippen LogP contribution in [0.5, 0.6) is 0 Å². The van der Waals surface area contributed by atoms with E-state index >= 15 is 0 Å². The van der Waals surface area contributed by atoms with E-state index in [9.17, 15) is 0 Å². The highest BCUT2D eigenvalue weighted by atomic mass is 16.5. The van der Waals surface area contributed by atoms with E-state index in [4.69, 9.17) is 10.3 Å². The Balaban J connectivity index is 1.76. The minimum atomic E-state index is 0.406. The van der Waals surface area contributed by atoms with Crippen molar-refractivity contribution in [1.82, 2.24) is 10.1 Å². The third kappa shape index (κ3) is 2.61. The molecule has 0 unspecified atom stereocenters. The van der Waals surface area contributed by atoms with E-state index in [0.29, 0.717) is 17.7 Å². The van der Waals surface area contributed by atoms with Crippen LogP contribution in [-0.2, 0) is 0 Å². The highest BCUT2D eigenvalue weighted by molar-refractivity contribution is 5.58. The summed E-state index contributed by atoms with van der Waals surface area (Å²) in [7, 11) is 0. The normalized spacial score (nSPS) is 22.9. The van der Waals surface area contributed by atoms with Crippen LogP contribution in [-0.4, -0.2) is 16.7 Å². The Labute approximate surface area is 119 Å². The van der Waals surface area contributed by atoms with Gasteiger partial charge in [0.2, 0.25) is 11.7 Å². The minimum Gasteiger partial charge on any atom is -0.339 e. The Kier molecular flexibility index (Phi) is 3.83. The van der Waals surface area contributed by atoms with Crippen molar-refractivity contribution in [3.63, 3.8) is 0 Å². The van der Waals surface area contributed by atoms with Gasteiger partial charge in [0.1, 0.15) is 0 Å². The molecule has 2 aromatic rings. The Morgan fingerprint density at radius 1 is 1.20 bits per heavy atom. The van der Waals surface area contributed by atoms with Gasteiger partial charge in [0.25, 0.3) is 0 Å². The number of nitrogens with two attached hydrogens (primary N) is 1. The van der Waals surface area contributed by atoms with E-state index in [1.807, 2.05) is 18.2 Å². The topological polar surface area (TPSA) is 64.9 Å². The van der Waals surface area contributed by atoms with Crippen molar-refractivity contribution in [3.05, 3.63) is 35.7 Å². The lowest BCUT2D eigenvalue weighted by molar-refractivity contribution is 0.275. The van der Waals surface area contributed by atoms with Crippen molar-refractivity contribution < 1.29 is 4.52 Å². The van der Waals surface area contributed by atoms with E-state index < -0.39 is 0 Å². The molecule has 0 saturated heterocycles. The largest absolute Gasteiger partial charge is 0.339 e. The first-order valence-corrected chi connectivity index (χ1v) is 7.37. The summed E-state index contributed by atoms with van der Waals surface area (Å²) in [5.41, 5.74) is 7.96. The van der Waals surface area contributed by atoms with Crippen LogP contribution in [0.25, 0.3) is 11.4 Å². The van der Waals surface area contributed by atoms with Gasteiger partial charge in [0, 0.05) is 11.5 Å². The zero-order valence-electron chi connectivity index (χ0n) is 11.9. The van der Waals surface area contributed by atoms with Gasteiger partial charge in [-0.3, -0.25) is 0 Å². The molecular formula is C16H21N3O. The number of benzene rings is 1. The Morgan fingerprint density at radius 2 is 1.95 bits per heavy atom. The van der Waals surface area contributed by atoms with E-state index in [1.165, 1.54) is 18.4 Å². The van der Waals surface area contributed by atoms with Gasteiger partial charge < -0.3 is 10.3 Å². The zero-order chi connectivity index (χ0) is 13.9. The van der Waals surface area contributed by atoms with Crippen LogP contribution >= 0.6 is 0 Å². The Hall–Kier alpha value is -1.68. The summed E-state index contributed by atoms with van der Waals surface area (Å²) in [5.74, 6) is 2.57. The predicted molar refractivity (Wildman–Crippen MR) is 78.2 cm³/mol. The maximum absolute atomic E-state index is 5.73. The summed E-state index contributed by atoms with van der Waals surface area (Å²) >= 11 is 0. The number of nitrogens with zero attached hydrogens (tertiary/aromatic N) is 2. The molecule has 1 saturated carbocycles. The van der Waals surface area contributed by atoms with Gasteiger partial charge in [0.05, 0.1) is 0 Å². The van der Waals surface area contributed by atoms with Crippen LogP contribution in [0.2, 0.25) is 0 Å². The zero-order valence-corrected chi connectivity index (χ0v) is 11.9. The molecule has 0 amide bonds. The molecule has 3 rings (SSSR count).